The number of aryl methyl sites for hydroxylation is 1. The van der Waals surface area contributed by atoms with Crippen molar-refractivity contribution in [1.82, 2.24) is 4.57 Å². The Morgan fingerprint density at radius 3 is 2.63 bits per heavy atom. The van der Waals surface area contributed by atoms with Crippen LogP contribution >= 0.6 is 22.9 Å². The maximum Gasteiger partial charge on any atom is 0.271 e. The van der Waals surface area contributed by atoms with Crippen molar-refractivity contribution in [2.24, 2.45) is 0 Å². The van der Waals surface area contributed by atoms with E-state index in [0.29, 0.717) is 9.90 Å². The zero-order chi connectivity index (χ0) is 21.6. The Morgan fingerprint density at radius 2 is 1.97 bits per heavy atom. The fraction of sp³-hybridized carbons (Fsp3) is 0.348. The van der Waals surface area contributed by atoms with E-state index < -0.39 is 11.3 Å². The van der Waals surface area contributed by atoms with E-state index in [1.54, 1.807) is 0 Å². The van der Waals surface area contributed by atoms with Crippen molar-refractivity contribution in [1.29, 1.82) is 5.26 Å². The van der Waals surface area contributed by atoms with Gasteiger partial charge in [0.15, 0.2) is 0 Å². The summed E-state index contributed by atoms with van der Waals surface area (Å²) < 4.78 is 2.13. The molecule has 0 atom stereocenters. The number of ketones is 1. The fourth-order valence-electron chi connectivity index (χ4n) is 4.30. The molecule has 4 rings (SSSR count). The first kappa shape index (κ1) is 20.6. The van der Waals surface area contributed by atoms with Crippen LogP contribution in [-0.2, 0) is 0 Å². The number of halogens is 1. The number of nitrogens with zero attached hydrogens (tertiary/aromatic N) is 2. The Bertz CT molecular complexity index is 1280. The minimum absolute atomic E-state index is 0.0121. The van der Waals surface area contributed by atoms with Crippen molar-refractivity contribution in [2.45, 2.75) is 52.0 Å². The topological polar surface area (TPSA) is 83.1 Å². The van der Waals surface area contributed by atoms with Crippen molar-refractivity contribution in [3.05, 3.63) is 60.7 Å². The van der Waals surface area contributed by atoms with Gasteiger partial charge in [0.25, 0.3) is 5.56 Å². The number of thiophene rings is 1. The summed E-state index contributed by atoms with van der Waals surface area (Å²) in [6.07, 6.45) is 4.43. The van der Waals surface area contributed by atoms with E-state index >= 15 is 0 Å². The molecule has 1 aromatic carbocycles. The lowest BCUT2D eigenvalue weighted by Gasteiger charge is -2.26. The molecule has 30 heavy (non-hydrogen) atoms. The molecule has 1 saturated carbocycles. The van der Waals surface area contributed by atoms with Gasteiger partial charge >= 0.3 is 0 Å². The first-order valence-electron chi connectivity index (χ1n) is 9.96. The number of nitriles is 1. The molecular weight excluding hydrogens is 420 g/mol. The van der Waals surface area contributed by atoms with Gasteiger partial charge in [0.1, 0.15) is 11.6 Å². The summed E-state index contributed by atoms with van der Waals surface area (Å²) in [6, 6.07) is 7.48. The second-order valence-electron chi connectivity index (χ2n) is 7.85. The highest BCUT2D eigenvalue weighted by atomic mass is 35.5. The molecule has 2 aromatic heterocycles. The minimum atomic E-state index is -0.533. The summed E-state index contributed by atoms with van der Waals surface area (Å²) in [5.74, 6) is -0.826. The van der Waals surface area contributed by atoms with Crippen LogP contribution in [0.4, 0.5) is 0 Å². The van der Waals surface area contributed by atoms with Gasteiger partial charge in [-0.25, -0.2) is 0 Å². The number of carbonyl (C=O) groups excluding carboxylic acids is 1. The molecule has 0 spiro atoms. The van der Waals surface area contributed by atoms with Crippen molar-refractivity contribution in [2.75, 3.05) is 0 Å². The van der Waals surface area contributed by atoms with Crippen molar-refractivity contribution < 1.29 is 9.90 Å². The minimum Gasteiger partial charge on any atom is -0.494 e. The third-order valence-corrected chi connectivity index (χ3v) is 7.56. The van der Waals surface area contributed by atoms with Crippen LogP contribution in [-0.4, -0.2) is 15.5 Å². The second kappa shape index (κ2) is 7.90. The Labute approximate surface area is 183 Å². The molecule has 0 amide bonds. The molecule has 7 heteroatoms. The number of fused-ring (bicyclic) bond motifs is 1. The van der Waals surface area contributed by atoms with Gasteiger partial charge in [-0.3, -0.25) is 14.2 Å². The van der Waals surface area contributed by atoms with Crippen LogP contribution in [0, 0.1) is 25.2 Å². The molecule has 3 aromatic rings. The zero-order valence-corrected chi connectivity index (χ0v) is 18.4. The van der Waals surface area contributed by atoms with Gasteiger partial charge in [0.05, 0.1) is 15.5 Å². The molecular formula is C23H21ClN2O3S. The molecule has 1 aliphatic carbocycles. The van der Waals surface area contributed by atoms with Crippen LogP contribution < -0.4 is 5.56 Å². The number of pyridine rings is 1. The fourth-order valence-corrected chi connectivity index (χ4v) is 5.87. The molecule has 1 fully saturated rings. The quantitative estimate of drug-likeness (QED) is 0.533. The SMILES string of the molecule is Cc1ccc2c(Cl)c(C(=O)c3c(C)c(C#N)c(=O)n(C4CCCCC4)c3O)sc2c1. The third kappa shape index (κ3) is 3.23. The highest BCUT2D eigenvalue weighted by Crippen LogP contribution is 2.40. The molecule has 2 heterocycles. The lowest BCUT2D eigenvalue weighted by atomic mass is 9.93. The molecule has 0 bridgehead atoms. The van der Waals surface area contributed by atoms with Crippen molar-refractivity contribution >= 4 is 38.8 Å². The standard InChI is InChI=1S/C23H21ClN2O3S/c1-12-8-9-15-17(10-12)30-21(19(15)24)20(27)18-13(2)16(11-25)22(28)26(23(18)29)14-6-4-3-5-7-14/h8-10,14,29H,3-7H2,1-2H3. The Morgan fingerprint density at radius 1 is 1.27 bits per heavy atom. The molecule has 0 unspecified atom stereocenters. The zero-order valence-electron chi connectivity index (χ0n) is 16.8. The molecule has 0 radical (unpaired) electrons. The lowest BCUT2D eigenvalue weighted by Crippen LogP contribution is -2.31. The normalized spacial score (nSPS) is 14.7. The molecule has 0 aliphatic heterocycles. The summed E-state index contributed by atoms with van der Waals surface area (Å²) in [5, 5.41) is 21.8. The van der Waals surface area contributed by atoms with Gasteiger partial charge in [0.2, 0.25) is 11.7 Å². The van der Waals surface area contributed by atoms with Crippen LogP contribution in [0.3, 0.4) is 0 Å². The van der Waals surface area contributed by atoms with Crippen LogP contribution in [0.1, 0.15) is 70.1 Å². The molecule has 154 valence electrons. The molecule has 1 N–H and O–H groups in total. The van der Waals surface area contributed by atoms with Crippen molar-refractivity contribution in [3.63, 3.8) is 0 Å². The second-order valence-corrected chi connectivity index (χ2v) is 9.28. The summed E-state index contributed by atoms with van der Waals surface area (Å²) >= 11 is 7.78. The molecule has 0 saturated heterocycles. The van der Waals surface area contributed by atoms with Gasteiger partial charge < -0.3 is 5.11 Å². The number of aromatic nitrogens is 1. The Balaban J connectivity index is 1.94. The maximum atomic E-state index is 13.5. The largest absolute Gasteiger partial charge is 0.494 e. The summed E-state index contributed by atoms with van der Waals surface area (Å²) in [7, 11) is 0. The smallest absolute Gasteiger partial charge is 0.271 e. The van der Waals surface area contributed by atoms with E-state index in [0.717, 1.165) is 47.8 Å². The van der Waals surface area contributed by atoms with Crippen LogP contribution in [0.5, 0.6) is 5.88 Å². The van der Waals surface area contributed by atoms with E-state index in [1.165, 1.54) is 22.8 Å². The number of aromatic hydroxyl groups is 1. The summed E-state index contributed by atoms with van der Waals surface area (Å²) in [6.45, 7) is 3.49. The van der Waals surface area contributed by atoms with Gasteiger partial charge in [0, 0.05) is 16.1 Å². The first-order valence-corrected chi connectivity index (χ1v) is 11.2. The summed E-state index contributed by atoms with van der Waals surface area (Å²) in [5.41, 5.74) is 0.600. The average Bonchev–Trinajstić information content (AvgIpc) is 3.04. The van der Waals surface area contributed by atoms with E-state index in [4.69, 9.17) is 11.6 Å². The number of carbonyl (C=O) groups is 1. The monoisotopic (exact) mass is 440 g/mol. The van der Waals surface area contributed by atoms with Gasteiger partial charge in [-0.05, 0) is 43.9 Å². The third-order valence-electron chi connectivity index (χ3n) is 5.90. The van der Waals surface area contributed by atoms with Crippen molar-refractivity contribution in [3.8, 4) is 11.9 Å². The van der Waals surface area contributed by atoms with Gasteiger partial charge in [-0.15, -0.1) is 11.3 Å². The van der Waals surface area contributed by atoms with Gasteiger partial charge in [-0.2, -0.15) is 5.26 Å². The van der Waals surface area contributed by atoms with Crippen LogP contribution in [0.2, 0.25) is 5.02 Å². The predicted octanol–water partition coefficient (Wildman–Crippen LogP) is 5.65. The molecule has 1 aliphatic rings. The van der Waals surface area contributed by atoms with Crippen LogP contribution in [0.25, 0.3) is 10.1 Å². The average molecular weight is 441 g/mol. The van der Waals surface area contributed by atoms with E-state index in [1.807, 2.05) is 31.2 Å². The number of hydrogen-bond acceptors (Lipinski definition) is 5. The summed E-state index contributed by atoms with van der Waals surface area (Å²) in [4.78, 5) is 26.8. The molecule has 5 nitrogen and oxygen atoms in total. The highest BCUT2D eigenvalue weighted by Gasteiger charge is 2.30. The predicted molar refractivity (Wildman–Crippen MR) is 119 cm³/mol. The van der Waals surface area contributed by atoms with E-state index in [-0.39, 0.29) is 28.6 Å². The number of hydrogen-bond donors (Lipinski definition) is 1. The Hall–Kier alpha value is -2.62. The Kier molecular flexibility index (Phi) is 5.44. The van der Waals surface area contributed by atoms with E-state index in [9.17, 15) is 20.0 Å². The number of rotatable bonds is 3. The van der Waals surface area contributed by atoms with E-state index in [2.05, 4.69) is 0 Å². The highest BCUT2D eigenvalue weighted by molar-refractivity contribution is 7.21. The van der Waals surface area contributed by atoms with Gasteiger partial charge in [-0.1, -0.05) is 43.0 Å². The lowest BCUT2D eigenvalue weighted by molar-refractivity contribution is 0.103. The first-order chi connectivity index (χ1) is 14.3. The van der Waals surface area contributed by atoms with Crippen LogP contribution in [0.15, 0.2) is 23.0 Å². The number of benzene rings is 1. The maximum absolute atomic E-state index is 13.5.